The van der Waals surface area contributed by atoms with Gasteiger partial charge in [-0.2, -0.15) is 18.3 Å². The summed E-state index contributed by atoms with van der Waals surface area (Å²) in [6.45, 7) is 1.73. The van der Waals surface area contributed by atoms with Gasteiger partial charge in [0.15, 0.2) is 0 Å². The molecule has 1 atom stereocenters. The lowest BCUT2D eigenvalue weighted by Gasteiger charge is -2.14. The molecule has 1 unspecified atom stereocenters. The highest BCUT2D eigenvalue weighted by Gasteiger charge is 2.30. The maximum Gasteiger partial charge on any atom is 0.416 e. The molecule has 0 bridgehead atoms. The van der Waals surface area contributed by atoms with Crippen LogP contribution in [0.3, 0.4) is 0 Å². The van der Waals surface area contributed by atoms with E-state index in [9.17, 15) is 18.0 Å². The highest BCUT2D eigenvalue weighted by molar-refractivity contribution is 5.89. The molecule has 1 aromatic carbocycles. The van der Waals surface area contributed by atoms with Gasteiger partial charge in [0.05, 0.1) is 17.8 Å². The number of alkyl halides is 3. The maximum atomic E-state index is 12.6. The Morgan fingerprint density at radius 3 is 2.76 bits per heavy atom. The van der Waals surface area contributed by atoms with Crippen LogP contribution >= 0.6 is 0 Å². The normalized spacial score (nSPS) is 12.8. The Kier molecular flexibility index (Phi) is 4.15. The number of nitrogens with zero attached hydrogens (tertiary/aromatic N) is 1. The number of nitrogens with one attached hydrogen (secondary N) is 3. The first-order chi connectivity index (χ1) is 9.86. The highest BCUT2D eigenvalue weighted by atomic mass is 19.4. The molecule has 8 heteroatoms. The van der Waals surface area contributed by atoms with E-state index in [1.165, 1.54) is 12.1 Å². The average molecular weight is 298 g/mol. The van der Waals surface area contributed by atoms with Crippen LogP contribution in [0.15, 0.2) is 36.7 Å². The molecule has 0 aliphatic heterocycles. The van der Waals surface area contributed by atoms with Gasteiger partial charge in [0.2, 0.25) is 0 Å². The molecule has 0 aliphatic rings. The minimum absolute atomic E-state index is 0.0710. The zero-order valence-electron chi connectivity index (χ0n) is 11.0. The number of rotatable bonds is 3. The summed E-state index contributed by atoms with van der Waals surface area (Å²) in [6, 6.07) is 3.52. The molecule has 0 fully saturated rings. The van der Waals surface area contributed by atoms with Gasteiger partial charge >= 0.3 is 12.2 Å². The number of aromatic nitrogens is 2. The van der Waals surface area contributed by atoms with Crippen LogP contribution in [0.2, 0.25) is 0 Å². The van der Waals surface area contributed by atoms with Crippen LogP contribution < -0.4 is 10.6 Å². The van der Waals surface area contributed by atoms with Gasteiger partial charge < -0.3 is 10.6 Å². The van der Waals surface area contributed by atoms with E-state index >= 15 is 0 Å². The number of hydrogen-bond acceptors (Lipinski definition) is 2. The third-order valence-electron chi connectivity index (χ3n) is 2.81. The number of hydrogen-bond donors (Lipinski definition) is 3. The third kappa shape index (κ3) is 3.98. The molecule has 5 nitrogen and oxygen atoms in total. The molecule has 112 valence electrons. The van der Waals surface area contributed by atoms with E-state index in [0.29, 0.717) is 0 Å². The number of H-pyrrole nitrogens is 1. The lowest BCUT2D eigenvalue weighted by Crippen LogP contribution is -2.31. The predicted octanol–water partition coefficient (Wildman–Crippen LogP) is 3.31. The molecule has 0 radical (unpaired) electrons. The average Bonchev–Trinajstić information content (AvgIpc) is 2.91. The number of benzene rings is 1. The monoisotopic (exact) mass is 298 g/mol. The number of halogens is 3. The summed E-state index contributed by atoms with van der Waals surface area (Å²) in [4.78, 5) is 11.7. The quantitative estimate of drug-likeness (QED) is 0.813. The molecule has 0 saturated carbocycles. The van der Waals surface area contributed by atoms with E-state index in [2.05, 4.69) is 20.8 Å². The fraction of sp³-hybridized carbons (Fsp3) is 0.231. The maximum absolute atomic E-state index is 12.6. The lowest BCUT2D eigenvalue weighted by atomic mass is 10.2. The molecular formula is C13H13F3N4O. The minimum Gasteiger partial charge on any atom is -0.331 e. The smallest absolute Gasteiger partial charge is 0.331 e. The van der Waals surface area contributed by atoms with E-state index in [1.807, 2.05) is 0 Å². The van der Waals surface area contributed by atoms with Crippen LogP contribution in [-0.2, 0) is 6.18 Å². The van der Waals surface area contributed by atoms with Crippen molar-refractivity contribution in [3.63, 3.8) is 0 Å². The first kappa shape index (κ1) is 14.9. The predicted molar refractivity (Wildman–Crippen MR) is 70.6 cm³/mol. The molecule has 0 spiro atoms. The van der Waals surface area contributed by atoms with Gasteiger partial charge in [0.1, 0.15) is 0 Å². The first-order valence-corrected chi connectivity index (χ1v) is 6.09. The number of amides is 2. The van der Waals surface area contributed by atoms with Crippen molar-refractivity contribution in [3.8, 4) is 0 Å². The van der Waals surface area contributed by atoms with E-state index in [-0.39, 0.29) is 11.7 Å². The molecule has 1 heterocycles. The van der Waals surface area contributed by atoms with Crippen molar-refractivity contribution in [1.29, 1.82) is 0 Å². The largest absolute Gasteiger partial charge is 0.416 e. The van der Waals surface area contributed by atoms with Crippen LogP contribution in [0.25, 0.3) is 0 Å². The van der Waals surface area contributed by atoms with Gasteiger partial charge in [-0.15, -0.1) is 0 Å². The van der Waals surface area contributed by atoms with Crippen LogP contribution in [-0.4, -0.2) is 16.2 Å². The van der Waals surface area contributed by atoms with Gasteiger partial charge in [0, 0.05) is 17.4 Å². The molecule has 0 aliphatic carbocycles. The summed E-state index contributed by atoms with van der Waals surface area (Å²) < 4.78 is 37.7. The molecule has 3 N–H and O–H groups in total. The summed E-state index contributed by atoms with van der Waals surface area (Å²) >= 11 is 0. The number of carbonyl (C=O) groups is 1. The van der Waals surface area contributed by atoms with E-state index in [1.54, 1.807) is 19.3 Å². The molecule has 2 aromatic rings. The molecule has 0 saturated heterocycles. The highest BCUT2D eigenvalue weighted by Crippen LogP contribution is 2.30. The SMILES string of the molecule is CC(NC(=O)Nc1cccc(C(F)(F)F)c1)c1cn[nH]c1. The fourth-order valence-corrected chi connectivity index (χ4v) is 1.72. The molecule has 21 heavy (non-hydrogen) atoms. The Hall–Kier alpha value is -2.51. The van der Waals surface area contributed by atoms with Crippen LogP contribution in [0, 0.1) is 0 Å². The van der Waals surface area contributed by atoms with Crippen molar-refractivity contribution >= 4 is 11.7 Å². The molecule has 2 amide bonds. The second-order valence-corrected chi connectivity index (χ2v) is 4.43. The van der Waals surface area contributed by atoms with Crippen molar-refractivity contribution in [2.75, 3.05) is 5.32 Å². The van der Waals surface area contributed by atoms with Crippen LogP contribution in [0.5, 0.6) is 0 Å². The Labute approximate surface area is 118 Å². The summed E-state index contributed by atoms with van der Waals surface area (Å²) in [7, 11) is 0. The van der Waals surface area contributed by atoms with Crippen molar-refractivity contribution in [3.05, 3.63) is 47.8 Å². The lowest BCUT2D eigenvalue weighted by molar-refractivity contribution is -0.137. The van der Waals surface area contributed by atoms with Gasteiger partial charge in [-0.25, -0.2) is 4.79 Å². The van der Waals surface area contributed by atoms with Gasteiger partial charge in [0.25, 0.3) is 0 Å². The second-order valence-electron chi connectivity index (χ2n) is 4.43. The summed E-state index contributed by atoms with van der Waals surface area (Å²) in [5.41, 5.74) is 0.0130. The van der Waals surface area contributed by atoms with E-state index in [4.69, 9.17) is 0 Å². The van der Waals surface area contributed by atoms with E-state index in [0.717, 1.165) is 17.7 Å². The van der Waals surface area contributed by atoms with Gasteiger partial charge in [-0.3, -0.25) is 5.10 Å². The third-order valence-corrected chi connectivity index (χ3v) is 2.81. The van der Waals surface area contributed by atoms with Crippen LogP contribution in [0.1, 0.15) is 24.1 Å². The Bertz CT molecular complexity index is 610. The number of anilines is 1. The number of carbonyl (C=O) groups excluding carboxylic acids is 1. The zero-order valence-corrected chi connectivity index (χ0v) is 11.0. The first-order valence-electron chi connectivity index (χ1n) is 6.09. The Morgan fingerprint density at radius 2 is 2.14 bits per heavy atom. The van der Waals surface area contributed by atoms with Crippen molar-refractivity contribution < 1.29 is 18.0 Å². The minimum atomic E-state index is -4.45. The van der Waals surface area contributed by atoms with Crippen molar-refractivity contribution in [1.82, 2.24) is 15.5 Å². The van der Waals surface area contributed by atoms with Gasteiger partial charge in [-0.1, -0.05) is 6.07 Å². The second kappa shape index (κ2) is 5.86. The Balaban J connectivity index is 2.00. The topological polar surface area (TPSA) is 69.8 Å². The van der Waals surface area contributed by atoms with Crippen molar-refractivity contribution in [2.45, 2.75) is 19.1 Å². The summed E-state index contributed by atoms with van der Waals surface area (Å²) in [5.74, 6) is 0. The van der Waals surface area contributed by atoms with Crippen LogP contribution in [0.4, 0.5) is 23.7 Å². The zero-order chi connectivity index (χ0) is 15.5. The number of aromatic amines is 1. The summed E-state index contributed by atoms with van der Waals surface area (Å²) in [6.07, 6.45) is -1.28. The standard InChI is InChI=1S/C13H13F3N4O/c1-8(9-6-17-18-7-9)19-12(21)20-11-4-2-3-10(5-11)13(14,15)16/h2-8H,1H3,(H,17,18)(H2,19,20,21). The molecular weight excluding hydrogens is 285 g/mol. The number of urea groups is 1. The van der Waals surface area contributed by atoms with E-state index < -0.39 is 17.8 Å². The van der Waals surface area contributed by atoms with Gasteiger partial charge in [-0.05, 0) is 25.1 Å². The fourth-order valence-electron chi connectivity index (χ4n) is 1.72. The summed E-state index contributed by atoms with van der Waals surface area (Å²) in [5, 5.41) is 11.3. The molecule has 2 rings (SSSR count). The molecule has 1 aromatic heterocycles. The Morgan fingerprint density at radius 1 is 1.38 bits per heavy atom. The van der Waals surface area contributed by atoms with Crippen molar-refractivity contribution in [2.24, 2.45) is 0 Å².